The minimum Gasteiger partial charge on any atom is -0.443 e. The average Bonchev–Trinajstić information content (AvgIpc) is 3.30. The van der Waals surface area contributed by atoms with Crippen molar-refractivity contribution in [1.82, 2.24) is 9.62 Å². The van der Waals surface area contributed by atoms with Crippen LogP contribution in [0.15, 0.2) is 30.3 Å². The Bertz CT molecular complexity index is 817. The van der Waals surface area contributed by atoms with Gasteiger partial charge < -0.3 is 19.5 Å². The molecule has 3 unspecified atom stereocenters. The van der Waals surface area contributed by atoms with Gasteiger partial charge in [-0.1, -0.05) is 44.2 Å². The molecule has 1 N–H and O–H groups in total. The van der Waals surface area contributed by atoms with E-state index >= 15 is 0 Å². The lowest BCUT2D eigenvalue weighted by Gasteiger charge is -2.26. The van der Waals surface area contributed by atoms with Crippen LogP contribution < -0.4 is 5.32 Å². The Labute approximate surface area is 185 Å². The summed E-state index contributed by atoms with van der Waals surface area (Å²) in [6.07, 6.45) is 2.01. The maximum Gasteiger partial charge on any atom is 0.407 e. The monoisotopic (exact) mass is 454 g/mol. The molecule has 1 aromatic rings. The Kier molecular flexibility index (Phi) is 8.32. The molecule has 0 aromatic heterocycles. The number of nitrogens with zero attached hydrogens (tertiary/aromatic N) is 1. The molecule has 0 saturated carbocycles. The highest BCUT2D eigenvalue weighted by Gasteiger charge is 2.44. The van der Waals surface area contributed by atoms with E-state index in [2.05, 4.69) is 5.32 Å². The molecule has 31 heavy (non-hydrogen) atoms. The molecule has 2 aliphatic heterocycles. The van der Waals surface area contributed by atoms with Crippen LogP contribution in [0, 0.1) is 11.8 Å². The third kappa shape index (κ3) is 7.17. The highest BCUT2D eigenvalue weighted by atomic mass is 32.2. The second-order valence-electron chi connectivity index (χ2n) is 8.80. The average molecular weight is 455 g/mol. The molecule has 4 atom stereocenters. The van der Waals surface area contributed by atoms with Crippen LogP contribution >= 0.6 is 0 Å². The van der Waals surface area contributed by atoms with Gasteiger partial charge in [0.2, 0.25) is 10.0 Å². The first kappa shape index (κ1) is 24.0. The van der Waals surface area contributed by atoms with Crippen molar-refractivity contribution in [2.45, 2.75) is 51.5 Å². The molecule has 2 saturated heterocycles. The van der Waals surface area contributed by atoms with Crippen LogP contribution in [-0.4, -0.2) is 69.8 Å². The smallest absolute Gasteiger partial charge is 0.407 e. The second kappa shape index (κ2) is 10.8. The molecule has 2 fully saturated rings. The summed E-state index contributed by atoms with van der Waals surface area (Å²) in [5.74, 6) is 0.286. The van der Waals surface area contributed by atoms with Gasteiger partial charge in [0.15, 0.2) is 6.29 Å². The van der Waals surface area contributed by atoms with E-state index < -0.39 is 16.1 Å². The predicted octanol–water partition coefficient (Wildman–Crippen LogP) is 2.39. The molecule has 2 heterocycles. The van der Waals surface area contributed by atoms with Crippen LogP contribution in [0.5, 0.6) is 0 Å². The van der Waals surface area contributed by atoms with Gasteiger partial charge in [-0.25, -0.2) is 17.5 Å². The minimum absolute atomic E-state index is 0.0742. The van der Waals surface area contributed by atoms with E-state index in [-0.39, 0.29) is 30.3 Å². The maximum absolute atomic E-state index is 12.6. The minimum atomic E-state index is -3.33. The van der Waals surface area contributed by atoms with Gasteiger partial charge in [0.1, 0.15) is 6.10 Å². The summed E-state index contributed by atoms with van der Waals surface area (Å²) in [6.45, 7) is 5.70. The van der Waals surface area contributed by atoms with Crippen molar-refractivity contribution in [3.63, 3.8) is 0 Å². The molecule has 8 nitrogen and oxygen atoms in total. The fourth-order valence-electron chi connectivity index (χ4n) is 4.11. The number of fused-ring (bicyclic) bond motifs is 1. The number of benzene rings is 1. The molecule has 1 amide bonds. The van der Waals surface area contributed by atoms with Gasteiger partial charge in [0.25, 0.3) is 0 Å². The first-order chi connectivity index (χ1) is 14.7. The zero-order chi connectivity index (χ0) is 22.4. The molecule has 2 aliphatic rings. The van der Waals surface area contributed by atoms with Crippen molar-refractivity contribution in [2.75, 3.05) is 32.6 Å². The number of hydrogen-bond acceptors (Lipinski definition) is 6. The summed E-state index contributed by atoms with van der Waals surface area (Å²) < 4.78 is 42.5. The lowest BCUT2D eigenvalue weighted by molar-refractivity contribution is -0.0907. The number of amides is 1. The fourth-order valence-corrected chi connectivity index (χ4v) is 5.12. The van der Waals surface area contributed by atoms with Gasteiger partial charge in [-0.05, 0) is 30.7 Å². The lowest BCUT2D eigenvalue weighted by Crippen LogP contribution is -2.43. The zero-order valence-corrected chi connectivity index (χ0v) is 19.3. The normalized spacial score (nSPS) is 24.4. The van der Waals surface area contributed by atoms with Crippen LogP contribution in [0.2, 0.25) is 0 Å². The molecule has 0 aliphatic carbocycles. The number of hydrogen-bond donors (Lipinski definition) is 1. The van der Waals surface area contributed by atoms with Gasteiger partial charge in [-0.2, -0.15) is 0 Å². The molecule has 3 rings (SSSR count). The summed E-state index contributed by atoms with van der Waals surface area (Å²) in [7, 11) is -3.33. The van der Waals surface area contributed by atoms with Crippen molar-refractivity contribution in [1.29, 1.82) is 0 Å². The van der Waals surface area contributed by atoms with Gasteiger partial charge >= 0.3 is 6.09 Å². The number of rotatable bonds is 10. The van der Waals surface area contributed by atoms with E-state index in [1.165, 1.54) is 10.6 Å². The fraction of sp³-hybridized carbons (Fsp3) is 0.682. The van der Waals surface area contributed by atoms with E-state index in [9.17, 15) is 13.2 Å². The van der Waals surface area contributed by atoms with Crippen LogP contribution in [-0.2, 0) is 30.7 Å². The maximum atomic E-state index is 12.6. The van der Waals surface area contributed by atoms with Crippen LogP contribution in [0.25, 0.3) is 0 Å². The third-order valence-electron chi connectivity index (χ3n) is 5.66. The topological polar surface area (TPSA) is 94.2 Å². The van der Waals surface area contributed by atoms with Crippen molar-refractivity contribution < 1.29 is 27.4 Å². The summed E-state index contributed by atoms with van der Waals surface area (Å²) in [5.41, 5.74) is 1.07. The number of carbonyl (C=O) groups is 1. The van der Waals surface area contributed by atoms with Gasteiger partial charge in [-0.3, -0.25) is 0 Å². The SMILES string of the molecule is CC(C)CN(CC[C@H](Cc1ccccc1)NC(=O)OC1COC2OCCC12)S(C)(=O)=O. The van der Waals surface area contributed by atoms with Crippen molar-refractivity contribution in [3.8, 4) is 0 Å². The quantitative estimate of drug-likeness (QED) is 0.583. The Hall–Kier alpha value is -1.68. The molecule has 0 bridgehead atoms. The molecule has 1 aromatic carbocycles. The van der Waals surface area contributed by atoms with Gasteiger partial charge in [0.05, 0.1) is 25.4 Å². The van der Waals surface area contributed by atoms with E-state index in [0.717, 1.165) is 12.0 Å². The van der Waals surface area contributed by atoms with Crippen LogP contribution in [0.3, 0.4) is 0 Å². The first-order valence-corrected chi connectivity index (χ1v) is 12.8. The second-order valence-corrected chi connectivity index (χ2v) is 10.8. The van der Waals surface area contributed by atoms with E-state index in [4.69, 9.17) is 14.2 Å². The lowest BCUT2D eigenvalue weighted by atomic mass is 10.0. The number of sulfonamides is 1. The van der Waals surface area contributed by atoms with E-state index in [1.54, 1.807) is 0 Å². The van der Waals surface area contributed by atoms with Crippen molar-refractivity contribution in [2.24, 2.45) is 11.8 Å². The van der Waals surface area contributed by atoms with Crippen LogP contribution in [0.4, 0.5) is 4.79 Å². The van der Waals surface area contributed by atoms with Gasteiger partial charge in [-0.15, -0.1) is 0 Å². The van der Waals surface area contributed by atoms with Crippen molar-refractivity contribution in [3.05, 3.63) is 35.9 Å². The largest absolute Gasteiger partial charge is 0.443 e. The Morgan fingerprint density at radius 3 is 2.68 bits per heavy atom. The molecular formula is C22H34N2O6S. The number of ether oxygens (including phenoxy) is 3. The Balaban J connectivity index is 1.62. The number of nitrogens with one attached hydrogen (secondary N) is 1. The summed E-state index contributed by atoms with van der Waals surface area (Å²) >= 11 is 0. The van der Waals surface area contributed by atoms with E-state index in [1.807, 2.05) is 44.2 Å². The summed E-state index contributed by atoms with van der Waals surface area (Å²) in [5, 5.41) is 2.95. The highest BCUT2D eigenvalue weighted by Crippen LogP contribution is 2.33. The number of alkyl carbamates (subject to hydrolysis) is 1. The molecule has 174 valence electrons. The molecule has 0 radical (unpaired) electrons. The Morgan fingerprint density at radius 2 is 2.00 bits per heavy atom. The van der Waals surface area contributed by atoms with E-state index in [0.29, 0.717) is 39.1 Å². The number of carbonyl (C=O) groups excluding carboxylic acids is 1. The van der Waals surface area contributed by atoms with Crippen LogP contribution in [0.1, 0.15) is 32.3 Å². The van der Waals surface area contributed by atoms with Gasteiger partial charge in [0, 0.05) is 19.1 Å². The highest BCUT2D eigenvalue weighted by molar-refractivity contribution is 7.88. The Morgan fingerprint density at radius 1 is 1.26 bits per heavy atom. The first-order valence-electron chi connectivity index (χ1n) is 10.9. The summed E-state index contributed by atoms with van der Waals surface area (Å²) in [4.78, 5) is 12.6. The zero-order valence-electron chi connectivity index (χ0n) is 18.5. The molecular weight excluding hydrogens is 420 g/mol. The molecule has 9 heteroatoms. The third-order valence-corrected chi connectivity index (χ3v) is 6.92. The standard InChI is InChI=1S/C22H34N2O6S/c1-16(2)14-24(31(3,26)27)11-9-18(13-17-7-5-4-6-8-17)23-22(25)30-20-15-29-21-19(20)10-12-28-21/h4-8,16,18-21H,9-15H2,1-3H3,(H,23,25)/t18-,19?,20?,21?/m1/s1. The summed E-state index contributed by atoms with van der Waals surface area (Å²) in [6, 6.07) is 9.56. The predicted molar refractivity (Wildman–Crippen MR) is 117 cm³/mol. The van der Waals surface area contributed by atoms with Crippen molar-refractivity contribution >= 4 is 16.1 Å². The molecule has 0 spiro atoms.